The Bertz CT molecular complexity index is 811. The molecule has 6 heteroatoms. The number of ether oxygens (including phenoxy) is 2. The van der Waals surface area contributed by atoms with Gasteiger partial charge >= 0.3 is 5.97 Å². The van der Waals surface area contributed by atoms with Crippen LogP contribution in [-0.4, -0.2) is 34.9 Å². The summed E-state index contributed by atoms with van der Waals surface area (Å²) in [6.45, 7) is 0.549. The van der Waals surface area contributed by atoms with Gasteiger partial charge in [-0.15, -0.1) is 0 Å². The molecule has 0 radical (unpaired) electrons. The van der Waals surface area contributed by atoms with Crippen molar-refractivity contribution in [2.45, 2.75) is 5.03 Å². The molecule has 0 amide bonds. The first-order valence-corrected chi connectivity index (χ1v) is 8.48. The quantitative estimate of drug-likeness (QED) is 0.373. The molecule has 0 spiro atoms. The molecular weight excluding hydrogens is 324 g/mol. The van der Waals surface area contributed by atoms with Crippen molar-refractivity contribution in [2.75, 3.05) is 19.0 Å². The molecule has 0 N–H and O–H groups in total. The van der Waals surface area contributed by atoms with Gasteiger partial charge in [-0.1, -0.05) is 42.1 Å². The molecule has 0 aliphatic rings. The van der Waals surface area contributed by atoms with E-state index >= 15 is 0 Å². The number of thioether (sulfide) groups is 1. The summed E-state index contributed by atoms with van der Waals surface area (Å²) in [6, 6.07) is 17.0. The van der Waals surface area contributed by atoms with Crippen LogP contribution in [0, 0.1) is 0 Å². The van der Waals surface area contributed by atoms with Gasteiger partial charge in [0, 0.05) is 0 Å². The number of carbonyl (C=O) groups excluding carboxylic acids is 1. The monoisotopic (exact) mass is 340 g/mol. The van der Waals surface area contributed by atoms with Crippen LogP contribution in [0.2, 0.25) is 0 Å². The second kappa shape index (κ2) is 8.31. The number of fused-ring (bicyclic) bond motifs is 1. The fourth-order valence-corrected chi connectivity index (χ4v) is 2.66. The van der Waals surface area contributed by atoms with Crippen LogP contribution in [0.25, 0.3) is 11.0 Å². The lowest BCUT2D eigenvalue weighted by molar-refractivity contribution is -0.141. The Kier molecular flexibility index (Phi) is 5.63. The third kappa shape index (κ3) is 4.70. The topological polar surface area (TPSA) is 61.3 Å². The molecular formula is C18H16N2O3S. The van der Waals surface area contributed by atoms with E-state index in [0.29, 0.717) is 11.6 Å². The summed E-state index contributed by atoms with van der Waals surface area (Å²) in [6.07, 6.45) is 1.67. The zero-order chi connectivity index (χ0) is 16.6. The van der Waals surface area contributed by atoms with Crippen LogP contribution in [0.3, 0.4) is 0 Å². The normalized spacial score (nSPS) is 10.5. The maximum absolute atomic E-state index is 11.7. The summed E-state index contributed by atoms with van der Waals surface area (Å²) in [4.78, 5) is 20.5. The van der Waals surface area contributed by atoms with E-state index in [1.807, 2.05) is 54.6 Å². The van der Waals surface area contributed by atoms with Crippen molar-refractivity contribution < 1.29 is 14.3 Å². The summed E-state index contributed by atoms with van der Waals surface area (Å²) in [5.41, 5.74) is 1.65. The fraction of sp³-hybridized carbons (Fsp3) is 0.167. The Hall–Kier alpha value is -2.60. The molecule has 1 heterocycles. The highest BCUT2D eigenvalue weighted by Gasteiger charge is 2.06. The van der Waals surface area contributed by atoms with E-state index in [0.717, 1.165) is 16.8 Å². The van der Waals surface area contributed by atoms with E-state index < -0.39 is 0 Å². The molecule has 5 nitrogen and oxygen atoms in total. The molecule has 0 aliphatic heterocycles. The molecule has 0 unspecified atom stereocenters. The van der Waals surface area contributed by atoms with Crippen molar-refractivity contribution in [3.8, 4) is 5.75 Å². The van der Waals surface area contributed by atoms with Gasteiger partial charge < -0.3 is 9.47 Å². The number of carbonyl (C=O) groups is 1. The third-order valence-electron chi connectivity index (χ3n) is 3.12. The first-order valence-electron chi connectivity index (χ1n) is 7.49. The molecule has 0 fully saturated rings. The number of hydrogen-bond donors (Lipinski definition) is 0. The molecule has 0 aliphatic carbocycles. The van der Waals surface area contributed by atoms with E-state index in [9.17, 15) is 4.79 Å². The van der Waals surface area contributed by atoms with Crippen molar-refractivity contribution >= 4 is 28.8 Å². The van der Waals surface area contributed by atoms with Crippen LogP contribution in [0.1, 0.15) is 0 Å². The first kappa shape index (κ1) is 16.3. The van der Waals surface area contributed by atoms with Crippen LogP contribution >= 0.6 is 11.8 Å². The molecule has 0 saturated heterocycles. The molecule has 0 bridgehead atoms. The van der Waals surface area contributed by atoms with Crippen LogP contribution in [-0.2, 0) is 9.53 Å². The van der Waals surface area contributed by atoms with Gasteiger partial charge in [0.1, 0.15) is 24.0 Å². The van der Waals surface area contributed by atoms with Crippen molar-refractivity contribution in [3.05, 3.63) is 60.8 Å². The van der Waals surface area contributed by atoms with Gasteiger partial charge in [-0.3, -0.25) is 9.78 Å². The van der Waals surface area contributed by atoms with E-state index in [4.69, 9.17) is 9.47 Å². The molecule has 0 atom stereocenters. The zero-order valence-electron chi connectivity index (χ0n) is 12.9. The number of benzene rings is 2. The number of hydrogen-bond acceptors (Lipinski definition) is 6. The molecule has 3 rings (SSSR count). The van der Waals surface area contributed by atoms with Gasteiger partial charge in [0.15, 0.2) is 0 Å². The maximum atomic E-state index is 11.7. The molecule has 3 aromatic rings. The predicted octanol–water partition coefficient (Wildman–Crippen LogP) is 3.34. The SMILES string of the molecule is O=C(CSc1cnc2ccccc2n1)OCCOc1ccccc1. The summed E-state index contributed by atoms with van der Waals surface area (Å²) >= 11 is 1.31. The summed E-state index contributed by atoms with van der Waals surface area (Å²) in [7, 11) is 0. The Morgan fingerprint density at radius 2 is 1.71 bits per heavy atom. The van der Waals surface area contributed by atoms with Gasteiger partial charge in [-0.2, -0.15) is 0 Å². The second-order valence-electron chi connectivity index (χ2n) is 4.87. The number of para-hydroxylation sites is 3. The smallest absolute Gasteiger partial charge is 0.316 e. The first-order chi connectivity index (χ1) is 11.8. The zero-order valence-corrected chi connectivity index (χ0v) is 13.7. The Morgan fingerprint density at radius 3 is 2.54 bits per heavy atom. The average molecular weight is 340 g/mol. The lowest BCUT2D eigenvalue weighted by Crippen LogP contribution is -2.13. The summed E-state index contributed by atoms with van der Waals surface area (Å²) < 4.78 is 10.6. The Balaban J connectivity index is 1.40. The van der Waals surface area contributed by atoms with E-state index in [-0.39, 0.29) is 18.3 Å². The number of esters is 1. The van der Waals surface area contributed by atoms with Gasteiger partial charge in [0.25, 0.3) is 0 Å². The minimum absolute atomic E-state index is 0.193. The summed E-state index contributed by atoms with van der Waals surface area (Å²) in [5, 5.41) is 0.700. The van der Waals surface area contributed by atoms with Crippen LogP contribution < -0.4 is 4.74 Å². The number of nitrogens with zero attached hydrogens (tertiary/aromatic N) is 2. The molecule has 0 saturated carbocycles. The second-order valence-corrected chi connectivity index (χ2v) is 5.86. The lowest BCUT2D eigenvalue weighted by Gasteiger charge is -2.07. The van der Waals surface area contributed by atoms with Crippen molar-refractivity contribution in [1.82, 2.24) is 9.97 Å². The minimum Gasteiger partial charge on any atom is -0.490 e. The maximum Gasteiger partial charge on any atom is 0.316 e. The minimum atomic E-state index is -0.299. The Labute approximate surface area is 144 Å². The average Bonchev–Trinajstić information content (AvgIpc) is 2.64. The standard InChI is InChI=1S/C18H16N2O3S/c21-18(23-11-10-22-14-6-2-1-3-7-14)13-24-17-12-19-15-8-4-5-9-16(15)20-17/h1-9,12H,10-11,13H2. The van der Waals surface area contributed by atoms with Gasteiger partial charge in [-0.05, 0) is 24.3 Å². The highest BCUT2D eigenvalue weighted by molar-refractivity contribution is 7.99. The van der Waals surface area contributed by atoms with Crippen LogP contribution in [0.4, 0.5) is 0 Å². The molecule has 24 heavy (non-hydrogen) atoms. The molecule has 122 valence electrons. The van der Waals surface area contributed by atoms with Gasteiger partial charge in [0.2, 0.25) is 0 Å². The van der Waals surface area contributed by atoms with Crippen molar-refractivity contribution in [2.24, 2.45) is 0 Å². The van der Waals surface area contributed by atoms with E-state index in [1.54, 1.807) is 6.20 Å². The van der Waals surface area contributed by atoms with Gasteiger partial charge in [0.05, 0.1) is 23.0 Å². The van der Waals surface area contributed by atoms with Crippen molar-refractivity contribution in [1.29, 1.82) is 0 Å². The van der Waals surface area contributed by atoms with E-state index in [1.165, 1.54) is 11.8 Å². The van der Waals surface area contributed by atoms with Crippen molar-refractivity contribution in [3.63, 3.8) is 0 Å². The largest absolute Gasteiger partial charge is 0.490 e. The number of rotatable bonds is 7. The van der Waals surface area contributed by atoms with E-state index in [2.05, 4.69) is 9.97 Å². The Morgan fingerprint density at radius 1 is 0.958 bits per heavy atom. The molecule has 1 aromatic heterocycles. The lowest BCUT2D eigenvalue weighted by atomic mass is 10.3. The highest BCUT2D eigenvalue weighted by atomic mass is 32.2. The van der Waals surface area contributed by atoms with Gasteiger partial charge in [-0.25, -0.2) is 4.98 Å². The predicted molar refractivity (Wildman–Crippen MR) is 93.2 cm³/mol. The summed E-state index contributed by atoms with van der Waals surface area (Å²) in [5.74, 6) is 0.652. The van der Waals surface area contributed by atoms with Crippen LogP contribution in [0.5, 0.6) is 5.75 Å². The highest BCUT2D eigenvalue weighted by Crippen LogP contribution is 2.17. The number of aromatic nitrogens is 2. The third-order valence-corrected chi connectivity index (χ3v) is 4.00. The van der Waals surface area contributed by atoms with Crippen LogP contribution in [0.15, 0.2) is 65.8 Å². The fourth-order valence-electron chi connectivity index (χ4n) is 2.02. The molecule has 2 aromatic carbocycles.